The van der Waals surface area contributed by atoms with Crippen molar-refractivity contribution < 1.29 is 9.53 Å². The average molecular weight is 187 g/mol. The molecule has 0 atom stereocenters. The van der Waals surface area contributed by atoms with Crippen LogP contribution in [0.15, 0.2) is 0 Å². The van der Waals surface area contributed by atoms with Crippen molar-refractivity contribution in [3.05, 3.63) is 0 Å². The molecular weight excluding hydrogens is 166 g/mol. The maximum atomic E-state index is 11.3. The summed E-state index contributed by atoms with van der Waals surface area (Å²) in [6.45, 7) is 7.33. The molecule has 0 fully saturated rings. The van der Waals surface area contributed by atoms with Gasteiger partial charge < -0.3 is 4.74 Å². The summed E-state index contributed by atoms with van der Waals surface area (Å²) in [7, 11) is 1.66. The molecular formula is C10H21NO2. The van der Waals surface area contributed by atoms with Gasteiger partial charge in [-0.3, -0.25) is 9.69 Å². The SMILES string of the molecule is CCN(CC)CC(=O)CCCOC. The van der Waals surface area contributed by atoms with Gasteiger partial charge >= 0.3 is 0 Å². The Bertz CT molecular complexity index is 133. The minimum atomic E-state index is 0.320. The van der Waals surface area contributed by atoms with Gasteiger partial charge in [-0.25, -0.2) is 0 Å². The molecule has 0 rings (SSSR count). The topological polar surface area (TPSA) is 29.5 Å². The van der Waals surface area contributed by atoms with Crippen LogP contribution >= 0.6 is 0 Å². The van der Waals surface area contributed by atoms with E-state index in [1.54, 1.807) is 7.11 Å². The number of carbonyl (C=O) groups excluding carboxylic acids is 1. The largest absolute Gasteiger partial charge is 0.385 e. The van der Waals surface area contributed by atoms with Crippen LogP contribution < -0.4 is 0 Å². The van der Waals surface area contributed by atoms with Crippen molar-refractivity contribution in [2.45, 2.75) is 26.7 Å². The van der Waals surface area contributed by atoms with Gasteiger partial charge in [0.05, 0.1) is 6.54 Å². The lowest BCUT2D eigenvalue weighted by Gasteiger charge is -2.16. The summed E-state index contributed by atoms with van der Waals surface area (Å²) in [5, 5.41) is 0. The fraction of sp³-hybridized carbons (Fsp3) is 0.900. The molecule has 0 unspecified atom stereocenters. The monoisotopic (exact) mass is 187 g/mol. The quantitative estimate of drug-likeness (QED) is 0.537. The molecule has 3 nitrogen and oxygen atoms in total. The fourth-order valence-electron chi connectivity index (χ4n) is 1.19. The first-order valence-electron chi connectivity index (χ1n) is 4.97. The van der Waals surface area contributed by atoms with E-state index in [0.29, 0.717) is 25.4 Å². The zero-order valence-corrected chi connectivity index (χ0v) is 9.01. The Hall–Kier alpha value is -0.410. The number of methoxy groups -OCH3 is 1. The summed E-state index contributed by atoms with van der Waals surface area (Å²) in [4.78, 5) is 13.5. The first-order valence-corrected chi connectivity index (χ1v) is 4.97. The molecule has 0 aliphatic rings. The van der Waals surface area contributed by atoms with Crippen molar-refractivity contribution in [2.75, 3.05) is 33.4 Å². The van der Waals surface area contributed by atoms with E-state index in [1.807, 2.05) is 0 Å². The predicted octanol–water partition coefficient (Wildman–Crippen LogP) is 1.32. The molecule has 0 aromatic rings. The zero-order chi connectivity index (χ0) is 10.1. The second-order valence-electron chi connectivity index (χ2n) is 3.10. The van der Waals surface area contributed by atoms with Gasteiger partial charge in [0.1, 0.15) is 5.78 Å². The van der Waals surface area contributed by atoms with E-state index in [0.717, 1.165) is 19.5 Å². The molecule has 0 radical (unpaired) electrons. The molecule has 13 heavy (non-hydrogen) atoms. The predicted molar refractivity (Wildman–Crippen MR) is 53.9 cm³/mol. The van der Waals surface area contributed by atoms with Crippen molar-refractivity contribution in [2.24, 2.45) is 0 Å². The van der Waals surface area contributed by atoms with Crippen molar-refractivity contribution in [3.63, 3.8) is 0 Å². The van der Waals surface area contributed by atoms with Crippen LogP contribution in [0.2, 0.25) is 0 Å². The lowest BCUT2D eigenvalue weighted by molar-refractivity contribution is -0.120. The number of nitrogens with zero attached hydrogens (tertiary/aromatic N) is 1. The maximum absolute atomic E-state index is 11.3. The highest BCUT2D eigenvalue weighted by Gasteiger charge is 2.06. The highest BCUT2D eigenvalue weighted by molar-refractivity contribution is 5.80. The molecule has 0 aliphatic heterocycles. The number of hydrogen-bond donors (Lipinski definition) is 0. The van der Waals surface area contributed by atoms with Crippen LogP contribution in [0.3, 0.4) is 0 Å². The molecule has 0 spiro atoms. The maximum Gasteiger partial charge on any atom is 0.146 e. The summed E-state index contributed by atoms with van der Waals surface area (Å²) >= 11 is 0. The van der Waals surface area contributed by atoms with E-state index >= 15 is 0 Å². The van der Waals surface area contributed by atoms with Gasteiger partial charge in [-0.15, -0.1) is 0 Å². The van der Waals surface area contributed by atoms with Crippen molar-refractivity contribution in [1.29, 1.82) is 0 Å². The highest BCUT2D eigenvalue weighted by atomic mass is 16.5. The first kappa shape index (κ1) is 12.6. The Morgan fingerprint density at radius 1 is 1.31 bits per heavy atom. The van der Waals surface area contributed by atoms with E-state index in [9.17, 15) is 4.79 Å². The number of rotatable bonds is 8. The molecule has 78 valence electrons. The van der Waals surface area contributed by atoms with Gasteiger partial charge in [-0.05, 0) is 19.5 Å². The highest BCUT2D eigenvalue weighted by Crippen LogP contribution is 1.95. The van der Waals surface area contributed by atoms with E-state index in [4.69, 9.17) is 4.74 Å². The summed E-state index contributed by atoms with van der Waals surface area (Å²) in [6, 6.07) is 0. The normalized spacial score (nSPS) is 10.8. The van der Waals surface area contributed by atoms with Crippen LogP contribution in [0.4, 0.5) is 0 Å². The van der Waals surface area contributed by atoms with Crippen molar-refractivity contribution >= 4 is 5.78 Å². The van der Waals surface area contributed by atoms with E-state index in [1.165, 1.54) is 0 Å². The molecule has 0 bridgehead atoms. The third-order valence-electron chi connectivity index (χ3n) is 2.10. The van der Waals surface area contributed by atoms with Crippen LogP contribution in [0.25, 0.3) is 0 Å². The molecule has 3 heteroatoms. The first-order chi connectivity index (χ1) is 6.24. The smallest absolute Gasteiger partial charge is 0.146 e. The second-order valence-corrected chi connectivity index (χ2v) is 3.10. The summed E-state index contributed by atoms with van der Waals surface area (Å²) < 4.78 is 4.88. The summed E-state index contributed by atoms with van der Waals surface area (Å²) in [5.41, 5.74) is 0. The van der Waals surface area contributed by atoms with E-state index < -0.39 is 0 Å². The molecule has 0 heterocycles. The van der Waals surface area contributed by atoms with Crippen LogP contribution in [0.5, 0.6) is 0 Å². The molecule has 0 aromatic heterocycles. The molecule has 0 aromatic carbocycles. The molecule has 0 saturated carbocycles. The lowest BCUT2D eigenvalue weighted by Crippen LogP contribution is -2.29. The van der Waals surface area contributed by atoms with Gasteiger partial charge in [-0.1, -0.05) is 13.8 Å². The van der Waals surface area contributed by atoms with Crippen LogP contribution in [-0.4, -0.2) is 44.0 Å². The Kier molecular flexibility index (Phi) is 7.94. The minimum absolute atomic E-state index is 0.320. The number of carbonyl (C=O) groups is 1. The van der Waals surface area contributed by atoms with Gasteiger partial charge in [0.2, 0.25) is 0 Å². The number of ketones is 1. The average Bonchev–Trinajstić information content (AvgIpc) is 2.14. The minimum Gasteiger partial charge on any atom is -0.385 e. The van der Waals surface area contributed by atoms with Gasteiger partial charge in [0, 0.05) is 20.1 Å². The summed E-state index contributed by atoms with van der Waals surface area (Å²) in [6.07, 6.45) is 1.49. The Morgan fingerprint density at radius 2 is 1.92 bits per heavy atom. The van der Waals surface area contributed by atoms with Crippen LogP contribution in [0.1, 0.15) is 26.7 Å². The summed E-state index contributed by atoms with van der Waals surface area (Å²) in [5.74, 6) is 0.320. The van der Waals surface area contributed by atoms with E-state index in [2.05, 4.69) is 18.7 Å². The molecule has 0 aliphatic carbocycles. The van der Waals surface area contributed by atoms with Crippen LogP contribution in [0, 0.1) is 0 Å². The Balaban J connectivity index is 3.48. The number of hydrogen-bond acceptors (Lipinski definition) is 3. The number of Topliss-reactive ketones (excluding diaryl/α,β-unsaturated/α-hetero) is 1. The number of ether oxygens (including phenoxy) is 1. The number of likely N-dealkylation sites (N-methyl/N-ethyl adjacent to an activating group) is 1. The van der Waals surface area contributed by atoms with Crippen LogP contribution in [-0.2, 0) is 9.53 Å². The third-order valence-corrected chi connectivity index (χ3v) is 2.10. The van der Waals surface area contributed by atoms with Crippen molar-refractivity contribution in [1.82, 2.24) is 4.90 Å². The second kappa shape index (κ2) is 8.20. The molecule has 0 saturated heterocycles. The van der Waals surface area contributed by atoms with Gasteiger partial charge in [-0.2, -0.15) is 0 Å². The van der Waals surface area contributed by atoms with Gasteiger partial charge in [0.15, 0.2) is 0 Å². The van der Waals surface area contributed by atoms with Gasteiger partial charge in [0.25, 0.3) is 0 Å². The van der Waals surface area contributed by atoms with E-state index in [-0.39, 0.29) is 0 Å². The molecule has 0 N–H and O–H groups in total. The Morgan fingerprint density at radius 3 is 2.38 bits per heavy atom. The fourth-order valence-corrected chi connectivity index (χ4v) is 1.19. The third kappa shape index (κ3) is 6.72. The van der Waals surface area contributed by atoms with Crippen molar-refractivity contribution in [3.8, 4) is 0 Å². The zero-order valence-electron chi connectivity index (χ0n) is 9.01. The Labute approximate surface area is 81.1 Å². The lowest BCUT2D eigenvalue weighted by atomic mass is 10.2. The molecule has 0 amide bonds. The standard InChI is InChI=1S/C10H21NO2/c1-4-11(5-2)9-10(12)7-6-8-13-3/h4-9H2,1-3H3.